The van der Waals surface area contributed by atoms with Crippen LogP contribution in [0.15, 0.2) is 63.8 Å². The standard InChI is InChI=1S/C19H18F3N5O3S/c1-17(15-4-2-3-9-24-15)11-23-10-14(17)16(28)25-31(29,30)13-7-5-12(6-8-13)18(26-27-18)19(20,21)22/h2-9,14,23H,10-11H2,1H3,(H,25,28). The number of benzene rings is 1. The van der Waals surface area contributed by atoms with Gasteiger partial charge in [0.15, 0.2) is 0 Å². The molecule has 4 rings (SSSR count). The Kier molecular flexibility index (Phi) is 4.89. The first kappa shape index (κ1) is 21.4. The summed E-state index contributed by atoms with van der Waals surface area (Å²) in [5.74, 6) is -1.44. The lowest BCUT2D eigenvalue weighted by Crippen LogP contribution is -2.44. The molecular formula is C19H18F3N5O3S. The fourth-order valence-electron chi connectivity index (χ4n) is 3.75. The van der Waals surface area contributed by atoms with E-state index in [1.165, 1.54) is 0 Å². The van der Waals surface area contributed by atoms with E-state index < -0.39 is 39.1 Å². The molecule has 2 unspecified atom stereocenters. The summed E-state index contributed by atoms with van der Waals surface area (Å²) in [5.41, 5.74) is -3.01. The number of pyridine rings is 1. The van der Waals surface area contributed by atoms with Gasteiger partial charge in [-0.25, -0.2) is 13.1 Å². The van der Waals surface area contributed by atoms with Crippen molar-refractivity contribution < 1.29 is 26.4 Å². The van der Waals surface area contributed by atoms with Gasteiger partial charge in [0.25, 0.3) is 10.0 Å². The Labute approximate surface area is 176 Å². The Hall–Kier alpha value is -2.86. The SMILES string of the molecule is CC1(c2ccccn2)CNCC1C(=O)NS(=O)(=O)c1ccc(C2(C(F)(F)F)N=N2)cc1. The summed E-state index contributed by atoms with van der Waals surface area (Å²) in [4.78, 5) is 16.8. The number of sulfonamides is 1. The molecular weight excluding hydrogens is 435 g/mol. The number of aromatic nitrogens is 1. The van der Waals surface area contributed by atoms with Crippen LogP contribution in [0, 0.1) is 5.92 Å². The van der Waals surface area contributed by atoms with Gasteiger partial charge < -0.3 is 5.32 Å². The van der Waals surface area contributed by atoms with Crippen molar-refractivity contribution >= 4 is 15.9 Å². The predicted octanol–water partition coefficient (Wildman–Crippen LogP) is 2.24. The Morgan fingerprint density at radius 3 is 2.39 bits per heavy atom. The van der Waals surface area contributed by atoms with Crippen LogP contribution < -0.4 is 10.0 Å². The zero-order valence-corrected chi connectivity index (χ0v) is 17.0. The number of carbonyl (C=O) groups excluding carboxylic acids is 1. The third-order valence-electron chi connectivity index (χ3n) is 5.67. The summed E-state index contributed by atoms with van der Waals surface area (Å²) in [6.45, 7) is 2.51. The van der Waals surface area contributed by atoms with Crippen molar-refractivity contribution in [2.45, 2.75) is 29.1 Å². The average Bonchev–Trinajstić information content (AvgIpc) is 3.45. The van der Waals surface area contributed by atoms with Gasteiger partial charge >= 0.3 is 11.8 Å². The predicted molar refractivity (Wildman–Crippen MR) is 102 cm³/mol. The van der Waals surface area contributed by atoms with Gasteiger partial charge in [-0.3, -0.25) is 9.78 Å². The van der Waals surface area contributed by atoms with Crippen LogP contribution >= 0.6 is 0 Å². The summed E-state index contributed by atoms with van der Waals surface area (Å²) in [6, 6.07) is 9.25. The fourth-order valence-corrected chi connectivity index (χ4v) is 4.77. The molecule has 0 aliphatic carbocycles. The first-order valence-electron chi connectivity index (χ1n) is 9.30. The van der Waals surface area contributed by atoms with Crippen molar-refractivity contribution in [1.82, 2.24) is 15.0 Å². The Bertz CT molecular complexity index is 1130. The molecule has 164 valence electrons. The number of hydrogen-bond donors (Lipinski definition) is 2. The molecule has 2 atom stereocenters. The van der Waals surface area contributed by atoms with E-state index in [9.17, 15) is 26.4 Å². The first-order chi connectivity index (χ1) is 14.5. The molecule has 0 saturated carbocycles. The minimum absolute atomic E-state index is 0.254. The number of nitrogens with zero attached hydrogens (tertiary/aromatic N) is 3. The van der Waals surface area contributed by atoms with Gasteiger partial charge in [0.05, 0.1) is 10.8 Å². The van der Waals surface area contributed by atoms with Crippen molar-refractivity contribution in [3.63, 3.8) is 0 Å². The number of nitrogens with one attached hydrogen (secondary N) is 2. The van der Waals surface area contributed by atoms with E-state index >= 15 is 0 Å². The third-order valence-corrected chi connectivity index (χ3v) is 7.04. The van der Waals surface area contributed by atoms with Crippen molar-refractivity contribution in [2.24, 2.45) is 16.1 Å². The van der Waals surface area contributed by atoms with Crippen LogP contribution in [-0.2, 0) is 25.9 Å². The molecule has 1 amide bonds. The van der Waals surface area contributed by atoms with Crippen molar-refractivity contribution in [2.75, 3.05) is 13.1 Å². The molecule has 12 heteroatoms. The number of amides is 1. The number of carbonyl (C=O) groups is 1. The topological polar surface area (TPSA) is 113 Å². The van der Waals surface area contributed by atoms with E-state index in [1.807, 2.05) is 11.6 Å². The Morgan fingerprint density at radius 2 is 1.84 bits per heavy atom. The molecule has 8 nitrogen and oxygen atoms in total. The quantitative estimate of drug-likeness (QED) is 0.721. The average molecular weight is 453 g/mol. The lowest BCUT2D eigenvalue weighted by molar-refractivity contribution is -0.166. The summed E-state index contributed by atoms with van der Waals surface area (Å²) in [5, 5.41) is 9.25. The molecule has 1 fully saturated rings. The zero-order chi connectivity index (χ0) is 22.5. The molecule has 1 aromatic carbocycles. The maximum atomic E-state index is 13.1. The molecule has 1 aromatic heterocycles. The molecule has 0 spiro atoms. The molecule has 2 N–H and O–H groups in total. The van der Waals surface area contributed by atoms with Crippen LogP contribution in [0.1, 0.15) is 18.2 Å². The first-order valence-corrected chi connectivity index (χ1v) is 10.8. The number of rotatable bonds is 5. The van der Waals surface area contributed by atoms with Gasteiger partial charge in [-0.2, -0.15) is 13.2 Å². The Balaban J connectivity index is 1.53. The van der Waals surface area contributed by atoms with Gasteiger partial charge in [0, 0.05) is 36.0 Å². The number of alkyl halides is 3. The largest absolute Gasteiger partial charge is 0.442 e. The monoisotopic (exact) mass is 453 g/mol. The lowest BCUT2D eigenvalue weighted by atomic mass is 9.76. The van der Waals surface area contributed by atoms with E-state index in [1.54, 1.807) is 24.4 Å². The van der Waals surface area contributed by atoms with Crippen LogP contribution in [0.2, 0.25) is 0 Å². The number of hydrogen-bond acceptors (Lipinski definition) is 7. The molecule has 1 saturated heterocycles. The van der Waals surface area contributed by atoms with Crippen molar-refractivity contribution in [1.29, 1.82) is 0 Å². The molecule has 0 radical (unpaired) electrons. The van der Waals surface area contributed by atoms with E-state index in [2.05, 4.69) is 20.5 Å². The van der Waals surface area contributed by atoms with Gasteiger partial charge in [-0.1, -0.05) is 25.1 Å². The fraction of sp³-hybridized carbons (Fsp3) is 0.368. The van der Waals surface area contributed by atoms with Gasteiger partial charge in [0.1, 0.15) is 0 Å². The highest BCUT2D eigenvalue weighted by Gasteiger charge is 2.65. The van der Waals surface area contributed by atoms with Crippen molar-refractivity contribution in [3.8, 4) is 0 Å². The van der Waals surface area contributed by atoms with E-state index in [0.717, 1.165) is 24.3 Å². The summed E-state index contributed by atoms with van der Waals surface area (Å²) in [6.07, 6.45) is -3.12. The molecule has 31 heavy (non-hydrogen) atoms. The molecule has 2 aliphatic rings. The van der Waals surface area contributed by atoms with Crippen molar-refractivity contribution in [3.05, 3.63) is 59.9 Å². The third kappa shape index (κ3) is 3.59. The number of halogens is 3. The highest BCUT2D eigenvalue weighted by atomic mass is 32.2. The highest BCUT2D eigenvalue weighted by Crippen LogP contribution is 2.52. The highest BCUT2D eigenvalue weighted by molar-refractivity contribution is 7.90. The summed E-state index contributed by atoms with van der Waals surface area (Å²) >= 11 is 0. The second-order valence-electron chi connectivity index (χ2n) is 7.68. The Morgan fingerprint density at radius 1 is 1.16 bits per heavy atom. The lowest BCUT2D eigenvalue weighted by Gasteiger charge is -2.29. The normalized spacial score (nSPS) is 24.7. The molecule has 3 heterocycles. The van der Waals surface area contributed by atoms with Crippen LogP contribution in [0.3, 0.4) is 0 Å². The minimum atomic E-state index is -4.72. The summed E-state index contributed by atoms with van der Waals surface area (Å²) in [7, 11) is -4.30. The van der Waals surface area contributed by atoms with E-state index in [0.29, 0.717) is 12.2 Å². The second-order valence-corrected chi connectivity index (χ2v) is 9.36. The van der Waals surface area contributed by atoms with Crippen LogP contribution in [-0.4, -0.2) is 38.6 Å². The molecule has 0 bridgehead atoms. The van der Waals surface area contributed by atoms with Crippen LogP contribution in [0.25, 0.3) is 0 Å². The molecule has 2 aromatic rings. The van der Waals surface area contributed by atoms with E-state index in [4.69, 9.17) is 0 Å². The van der Waals surface area contributed by atoms with Gasteiger partial charge in [-0.05, 0) is 24.3 Å². The van der Waals surface area contributed by atoms with Gasteiger partial charge in [-0.15, -0.1) is 10.2 Å². The van der Waals surface area contributed by atoms with Gasteiger partial charge in [0.2, 0.25) is 5.91 Å². The second kappa shape index (κ2) is 7.09. The smallest absolute Gasteiger partial charge is 0.315 e. The van der Waals surface area contributed by atoms with E-state index in [-0.39, 0.29) is 17.0 Å². The molecule has 2 aliphatic heterocycles. The van der Waals surface area contributed by atoms with Crippen LogP contribution in [0.5, 0.6) is 0 Å². The van der Waals surface area contributed by atoms with Crippen LogP contribution in [0.4, 0.5) is 13.2 Å². The maximum Gasteiger partial charge on any atom is 0.442 e. The maximum absolute atomic E-state index is 13.1. The minimum Gasteiger partial charge on any atom is -0.315 e. The summed E-state index contributed by atoms with van der Waals surface area (Å²) < 4.78 is 66.7. The zero-order valence-electron chi connectivity index (χ0n) is 16.2.